The number of nitrogens with two attached hydrogens (primary N) is 1. The van der Waals surface area contributed by atoms with E-state index in [1.807, 2.05) is 20.8 Å². The van der Waals surface area contributed by atoms with Gasteiger partial charge in [0.2, 0.25) is 10.0 Å². The van der Waals surface area contributed by atoms with Gasteiger partial charge in [-0.3, -0.25) is 0 Å². The van der Waals surface area contributed by atoms with Gasteiger partial charge in [-0.25, -0.2) is 13.1 Å². The molecule has 0 unspecified atom stereocenters. The van der Waals surface area contributed by atoms with E-state index < -0.39 is 10.0 Å². The normalized spacial score (nSPS) is 11.7. The predicted molar refractivity (Wildman–Crippen MR) is 72.0 cm³/mol. The van der Waals surface area contributed by atoms with Crippen LogP contribution in [-0.2, 0) is 14.8 Å². The summed E-state index contributed by atoms with van der Waals surface area (Å²) < 4.78 is 31.6. The second-order valence-electron chi connectivity index (χ2n) is 4.07. The maximum atomic E-state index is 12.0. The van der Waals surface area contributed by atoms with E-state index in [1.165, 1.54) is 0 Å². The SMILES string of the molecule is CCOCCNS(=O)(=O)c1cc(C)c(C)cc1N. The van der Waals surface area contributed by atoms with Crippen LogP contribution in [0.25, 0.3) is 0 Å². The molecule has 1 aromatic rings. The zero-order valence-electron chi connectivity index (χ0n) is 11.0. The maximum absolute atomic E-state index is 12.0. The summed E-state index contributed by atoms with van der Waals surface area (Å²) in [7, 11) is -3.57. The number of aryl methyl sites for hydroxylation is 2. The van der Waals surface area contributed by atoms with Crippen LogP contribution in [0.2, 0.25) is 0 Å². The summed E-state index contributed by atoms with van der Waals surface area (Å²) in [6.45, 7) is 6.75. The minimum Gasteiger partial charge on any atom is -0.398 e. The van der Waals surface area contributed by atoms with Gasteiger partial charge in [-0.15, -0.1) is 0 Å². The fourth-order valence-electron chi connectivity index (χ4n) is 1.52. The van der Waals surface area contributed by atoms with Crippen molar-refractivity contribution in [1.82, 2.24) is 4.72 Å². The quantitative estimate of drug-likeness (QED) is 0.602. The molecule has 0 heterocycles. The molecule has 102 valence electrons. The molecule has 0 aromatic heterocycles. The van der Waals surface area contributed by atoms with Crippen molar-refractivity contribution in [3.63, 3.8) is 0 Å². The average molecular weight is 272 g/mol. The van der Waals surface area contributed by atoms with E-state index in [1.54, 1.807) is 12.1 Å². The molecule has 18 heavy (non-hydrogen) atoms. The van der Waals surface area contributed by atoms with E-state index in [2.05, 4.69) is 4.72 Å². The second-order valence-corrected chi connectivity index (χ2v) is 5.80. The largest absolute Gasteiger partial charge is 0.398 e. The summed E-state index contributed by atoms with van der Waals surface area (Å²) >= 11 is 0. The monoisotopic (exact) mass is 272 g/mol. The highest BCUT2D eigenvalue weighted by Gasteiger charge is 2.17. The van der Waals surface area contributed by atoms with Crippen molar-refractivity contribution in [1.29, 1.82) is 0 Å². The van der Waals surface area contributed by atoms with Gasteiger partial charge in [0.15, 0.2) is 0 Å². The molecule has 0 atom stereocenters. The molecule has 0 aliphatic rings. The number of hydrogen-bond donors (Lipinski definition) is 2. The van der Waals surface area contributed by atoms with Gasteiger partial charge in [-0.05, 0) is 44.0 Å². The lowest BCUT2D eigenvalue weighted by molar-refractivity contribution is 0.153. The van der Waals surface area contributed by atoms with Gasteiger partial charge in [0.1, 0.15) is 4.90 Å². The van der Waals surface area contributed by atoms with Crippen LogP contribution in [0.3, 0.4) is 0 Å². The first-order valence-corrected chi connectivity index (χ1v) is 7.31. The average Bonchev–Trinajstić information content (AvgIpc) is 2.29. The molecule has 0 saturated heterocycles. The Morgan fingerprint density at radius 3 is 2.50 bits per heavy atom. The summed E-state index contributed by atoms with van der Waals surface area (Å²) in [6.07, 6.45) is 0. The van der Waals surface area contributed by atoms with Gasteiger partial charge in [-0.1, -0.05) is 0 Å². The standard InChI is InChI=1S/C12H20N2O3S/c1-4-17-6-5-14-18(15,16)12-8-10(3)9(2)7-11(12)13/h7-8,14H,4-6,13H2,1-3H3. The third kappa shape index (κ3) is 3.69. The van der Waals surface area contributed by atoms with E-state index >= 15 is 0 Å². The topological polar surface area (TPSA) is 81.4 Å². The highest BCUT2D eigenvalue weighted by Crippen LogP contribution is 2.22. The molecule has 0 spiro atoms. The van der Waals surface area contributed by atoms with Gasteiger partial charge >= 0.3 is 0 Å². The number of hydrogen-bond acceptors (Lipinski definition) is 4. The zero-order valence-corrected chi connectivity index (χ0v) is 11.8. The van der Waals surface area contributed by atoms with Crippen molar-refractivity contribution in [2.45, 2.75) is 25.7 Å². The Labute approximate surface area is 108 Å². The number of ether oxygens (including phenoxy) is 1. The molecule has 1 aromatic carbocycles. The van der Waals surface area contributed by atoms with Crippen LogP contribution in [0.15, 0.2) is 17.0 Å². The van der Waals surface area contributed by atoms with Gasteiger partial charge in [0, 0.05) is 13.2 Å². The van der Waals surface area contributed by atoms with Crippen molar-refractivity contribution in [3.05, 3.63) is 23.3 Å². The predicted octanol–water partition coefficient (Wildman–Crippen LogP) is 1.20. The molecule has 0 radical (unpaired) electrons. The van der Waals surface area contributed by atoms with Gasteiger partial charge in [-0.2, -0.15) is 0 Å². The highest BCUT2D eigenvalue weighted by molar-refractivity contribution is 7.89. The molecule has 0 amide bonds. The Morgan fingerprint density at radius 1 is 1.28 bits per heavy atom. The molecule has 0 aliphatic carbocycles. The van der Waals surface area contributed by atoms with Crippen LogP contribution >= 0.6 is 0 Å². The first kappa shape index (κ1) is 14.9. The zero-order chi connectivity index (χ0) is 13.8. The van der Waals surface area contributed by atoms with E-state index in [-0.39, 0.29) is 17.1 Å². The summed E-state index contributed by atoms with van der Waals surface area (Å²) in [5.41, 5.74) is 7.89. The minimum absolute atomic E-state index is 0.127. The third-order valence-corrected chi connectivity index (χ3v) is 4.18. The fraction of sp³-hybridized carbons (Fsp3) is 0.500. The summed E-state index contributed by atoms with van der Waals surface area (Å²) in [5.74, 6) is 0. The van der Waals surface area contributed by atoms with Crippen LogP contribution in [-0.4, -0.2) is 28.2 Å². The smallest absolute Gasteiger partial charge is 0.242 e. The van der Waals surface area contributed by atoms with Gasteiger partial charge < -0.3 is 10.5 Å². The molecular weight excluding hydrogens is 252 g/mol. The third-order valence-electron chi connectivity index (χ3n) is 2.66. The first-order chi connectivity index (χ1) is 8.38. The Hall–Kier alpha value is -1.11. The number of anilines is 1. The molecule has 6 heteroatoms. The molecule has 1 rings (SSSR count). The molecule has 0 bridgehead atoms. The number of nitrogen functional groups attached to an aromatic ring is 1. The number of nitrogens with one attached hydrogen (secondary N) is 1. The van der Waals surface area contributed by atoms with Crippen LogP contribution in [0.1, 0.15) is 18.1 Å². The van der Waals surface area contributed by atoms with E-state index in [4.69, 9.17) is 10.5 Å². The summed E-state index contributed by atoms with van der Waals surface area (Å²) in [4.78, 5) is 0.127. The number of benzene rings is 1. The Kier molecular flexibility index (Phi) is 5.13. The molecule has 0 aliphatic heterocycles. The Bertz CT molecular complexity index is 512. The van der Waals surface area contributed by atoms with Gasteiger partial charge in [0.05, 0.1) is 12.3 Å². The molecule has 0 saturated carbocycles. The minimum atomic E-state index is -3.57. The van der Waals surface area contributed by atoms with Crippen LogP contribution < -0.4 is 10.5 Å². The number of rotatable bonds is 6. The van der Waals surface area contributed by atoms with Crippen LogP contribution in [0.4, 0.5) is 5.69 Å². The summed E-state index contributed by atoms with van der Waals surface area (Å²) in [5, 5.41) is 0. The van der Waals surface area contributed by atoms with Crippen molar-refractivity contribution in [3.8, 4) is 0 Å². The highest BCUT2D eigenvalue weighted by atomic mass is 32.2. The first-order valence-electron chi connectivity index (χ1n) is 5.82. The lowest BCUT2D eigenvalue weighted by Crippen LogP contribution is -2.28. The Morgan fingerprint density at radius 2 is 1.89 bits per heavy atom. The number of sulfonamides is 1. The molecule has 3 N–H and O–H groups in total. The van der Waals surface area contributed by atoms with Crippen molar-refractivity contribution < 1.29 is 13.2 Å². The van der Waals surface area contributed by atoms with Crippen LogP contribution in [0, 0.1) is 13.8 Å². The molecule has 0 fully saturated rings. The van der Waals surface area contributed by atoms with Crippen molar-refractivity contribution in [2.75, 3.05) is 25.5 Å². The van der Waals surface area contributed by atoms with Crippen molar-refractivity contribution in [2.24, 2.45) is 0 Å². The molecular formula is C12H20N2O3S. The van der Waals surface area contributed by atoms with Crippen molar-refractivity contribution >= 4 is 15.7 Å². The summed E-state index contributed by atoms with van der Waals surface area (Å²) in [6, 6.07) is 3.26. The lowest BCUT2D eigenvalue weighted by Gasteiger charge is -2.11. The van der Waals surface area contributed by atoms with E-state index in [0.29, 0.717) is 13.2 Å². The van der Waals surface area contributed by atoms with Gasteiger partial charge in [0.25, 0.3) is 0 Å². The lowest BCUT2D eigenvalue weighted by atomic mass is 10.1. The van der Waals surface area contributed by atoms with E-state index in [0.717, 1.165) is 11.1 Å². The Balaban J connectivity index is 2.88. The fourth-order valence-corrected chi connectivity index (χ4v) is 2.72. The van der Waals surface area contributed by atoms with Crippen LogP contribution in [0.5, 0.6) is 0 Å². The van der Waals surface area contributed by atoms with E-state index in [9.17, 15) is 8.42 Å². The maximum Gasteiger partial charge on any atom is 0.242 e. The second kappa shape index (κ2) is 6.17. The molecule has 5 nitrogen and oxygen atoms in total.